The highest BCUT2D eigenvalue weighted by Gasteiger charge is 2.34. The summed E-state index contributed by atoms with van der Waals surface area (Å²) in [6.07, 6.45) is 2.45. The average Bonchev–Trinajstić information content (AvgIpc) is 3.34. The monoisotopic (exact) mass is 433 g/mol. The molecule has 2 N–H and O–H groups in total. The van der Waals surface area contributed by atoms with Crippen LogP contribution in [0.15, 0.2) is 48.7 Å². The Balaban J connectivity index is 1.14. The highest BCUT2D eigenvalue weighted by Crippen LogP contribution is 2.22. The summed E-state index contributed by atoms with van der Waals surface area (Å²) in [5.41, 5.74) is 1.74. The first-order valence-electron chi connectivity index (χ1n) is 10.3. The molecule has 32 heavy (non-hydrogen) atoms. The summed E-state index contributed by atoms with van der Waals surface area (Å²) in [5, 5.41) is 18.4. The number of rotatable bonds is 9. The van der Waals surface area contributed by atoms with Crippen LogP contribution in [-0.4, -0.2) is 62.2 Å². The van der Waals surface area contributed by atoms with Gasteiger partial charge in [0.25, 0.3) is 11.8 Å². The molecule has 0 atom stereocenters. The van der Waals surface area contributed by atoms with Crippen LogP contribution in [0.25, 0.3) is 5.82 Å². The molecule has 0 spiro atoms. The first-order valence-corrected chi connectivity index (χ1v) is 10.3. The standard InChI is InChI=1S/C22H23N7O3/c1-15-10-14-29(27-15)19-9-8-18(25-26-19)23-11-12-24-20(30)7-4-13-28-21(31)16-5-2-3-6-17(16)22(28)32/h2-3,5-6,8-10,14H,4,7,11-13H2,1H3,(H,23,25)(H,24,30). The summed E-state index contributed by atoms with van der Waals surface area (Å²) in [5.74, 6) is 0.474. The topological polar surface area (TPSA) is 122 Å². The van der Waals surface area contributed by atoms with Crippen LogP contribution in [0.5, 0.6) is 0 Å². The largest absolute Gasteiger partial charge is 0.367 e. The molecule has 3 aromatic rings. The molecular formula is C22H23N7O3. The van der Waals surface area contributed by atoms with Crippen LogP contribution < -0.4 is 10.6 Å². The number of nitrogens with zero attached hydrogens (tertiary/aromatic N) is 5. The van der Waals surface area contributed by atoms with E-state index in [0.29, 0.717) is 42.3 Å². The number of imide groups is 1. The number of amides is 3. The first kappa shape index (κ1) is 21.2. The van der Waals surface area contributed by atoms with Crippen LogP contribution in [0.4, 0.5) is 5.82 Å². The molecule has 0 unspecified atom stereocenters. The zero-order valence-corrected chi connectivity index (χ0v) is 17.6. The lowest BCUT2D eigenvalue weighted by atomic mass is 10.1. The van der Waals surface area contributed by atoms with E-state index >= 15 is 0 Å². The zero-order chi connectivity index (χ0) is 22.5. The van der Waals surface area contributed by atoms with Gasteiger partial charge in [-0.3, -0.25) is 19.3 Å². The quantitative estimate of drug-likeness (QED) is 0.388. The van der Waals surface area contributed by atoms with E-state index in [9.17, 15) is 14.4 Å². The number of benzene rings is 1. The van der Waals surface area contributed by atoms with E-state index in [1.807, 2.05) is 19.2 Å². The van der Waals surface area contributed by atoms with E-state index in [-0.39, 0.29) is 30.7 Å². The van der Waals surface area contributed by atoms with Crippen LogP contribution in [0.3, 0.4) is 0 Å². The van der Waals surface area contributed by atoms with Gasteiger partial charge in [0.2, 0.25) is 5.91 Å². The Bertz CT molecular complexity index is 1110. The SMILES string of the molecule is Cc1ccn(-c2ccc(NCCNC(=O)CCCN3C(=O)c4ccccc4C3=O)nn2)n1. The van der Waals surface area contributed by atoms with Gasteiger partial charge in [0.15, 0.2) is 5.82 Å². The minimum Gasteiger partial charge on any atom is -0.367 e. The van der Waals surface area contributed by atoms with Gasteiger partial charge in [-0.15, -0.1) is 10.2 Å². The Morgan fingerprint density at radius 2 is 1.72 bits per heavy atom. The number of carbonyl (C=O) groups excluding carboxylic acids is 3. The maximum absolute atomic E-state index is 12.3. The molecule has 164 valence electrons. The fraction of sp³-hybridized carbons (Fsp3) is 0.273. The second-order valence-electron chi connectivity index (χ2n) is 7.37. The molecule has 10 nitrogen and oxygen atoms in total. The van der Waals surface area contributed by atoms with E-state index in [4.69, 9.17) is 0 Å². The van der Waals surface area contributed by atoms with Crippen LogP contribution in [-0.2, 0) is 4.79 Å². The summed E-state index contributed by atoms with van der Waals surface area (Å²) < 4.78 is 1.65. The maximum Gasteiger partial charge on any atom is 0.261 e. The van der Waals surface area contributed by atoms with Crippen molar-refractivity contribution in [2.75, 3.05) is 25.0 Å². The van der Waals surface area contributed by atoms with Gasteiger partial charge in [0.05, 0.1) is 16.8 Å². The van der Waals surface area contributed by atoms with Gasteiger partial charge in [-0.05, 0) is 43.7 Å². The number of aryl methyl sites for hydroxylation is 1. The van der Waals surface area contributed by atoms with Crippen molar-refractivity contribution in [3.05, 3.63) is 65.5 Å². The molecule has 1 aliphatic heterocycles. The molecule has 4 rings (SSSR count). The fourth-order valence-electron chi connectivity index (χ4n) is 3.41. The molecule has 3 heterocycles. The second-order valence-corrected chi connectivity index (χ2v) is 7.37. The second kappa shape index (κ2) is 9.38. The highest BCUT2D eigenvalue weighted by atomic mass is 16.2. The van der Waals surface area contributed by atoms with E-state index in [1.54, 1.807) is 41.1 Å². The van der Waals surface area contributed by atoms with Gasteiger partial charge in [-0.25, -0.2) is 4.68 Å². The molecule has 1 aromatic carbocycles. The third-order valence-corrected chi connectivity index (χ3v) is 5.02. The highest BCUT2D eigenvalue weighted by molar-refractivity contribution is 6.21. The molecule has 10 heteroatoms. The third-order valence-electron chi connectivity index (χ3n) is 5.02. The Kier molecular flexibility index (Phi) is 6.20. The van der Waals surface area contributed by atoms with Crippen molar-refractivity contribution in [1.29, 1.82) is 0 Å². The number of hydrogen-bond donors (Lipinski definition) is 2. The van der Waals surface area contributed by atoms with Gasteiger partial charge in [-0.2, -0.15) is 5.10 Å². The van der Waals surface area contributed by atoms with E-state index in [1.165, 1.54) is 4.90 Å². The summed E-state index contributed by atoms with van der Waals surface area (Å²) in [4.78, 5) is 37.9. The molecule has 0 fully saturated rings. The minimum absolute atomic E-state index is 0.140. The van der Waals surface area contributed by atoms with E-state index < -0.39 is 0 Å². The smallest absolute Gasteiger partial charge is 0.261 e. The lowest BCUT2D eigenvalue weighted by Gasteiger charge is -2.13. The van der Waals surface area contributed by atoms with Gasteiger partial charge in [-0.1, -0.05) is 12.1 Å². The first-order chi connectivity index (χ1) is 15.5. The minimum atomic E-state index is -0.301. The van der Waals surface area contributed by atoms with Crippen molar-refractivity contribution in [1.82, 2.24) is 30.2 Å². The lowest BCUT2D eigenvalue weighted by Crippen LogP contribution is -2.33. The van der Waals surface area contributed by atoms with Crippen molar-refractivity contribution in [3.63, 3.8) is 0 Å². The molecule has 0 saturated carbocycles. The maximum atomic E-state index is 12.3. The zero-order valence-electron chi connectivity index (χ0n) is 17.6. The molecular weight excluding hydrogens is 410 g/mol. The van der Waals surface area contributed by atoms with Crippen LogP contribution in [0, 0.1) is 6.92 Å². The lowest BCUT2D eigenvalue weighted by molar-refractivity contribution is -0.121. The van der Waals surface area contributed by atoms with Gasteiger partial charge < -0.3 is 10.6 Å². The molecule has 3 amide bonds. The van der Waals surface area contributed by atoms with Gasteiger partial charge in [0.1, 0.15) is 5.82 Å². The third kappa shape index (κ3) is 4.64. The number of hydrogen-bond acceptors (Lipinski definition) is 7. The van der Waals surface area contributed by atoms with Crippen molar-refractivity contribution < 1.29 is 14.4 Å². The summed E-state index contributed by atoms with van der Waals surface area (Å²) in [7, 11) is 0. The van der Waals surface area contributed by atoms with E-state index in [0.717, 1.165) is 5.69 Å². The van der Waals surface area contributed by atoms with Crippen molar-refractivity contribution in [3.8, 4) is 5.82 Å². The normalized spacial score (nSPS) is 12.7. The number of nitrogens with one attached hydrogen (secondary N) is 2. The Hall–Kier alpha value is -4.08. The molecule has 1 aliphatic rings. The fourth-order valence-corrected chi connectivity index (χ4v) is 3.41. The Morgan fingerprint density at radius 3 is 2.34 bits per heavy atom. The van der Waals surface area contributed by atoms with Crippen molar-refractivity contribution in [2.24, 2.45) is 0 Å². The molecule has 0 aliphatic carbocycles. The predicted octanol–water partition coefficient (Wildman–Crippen LogP) is 1.58. The summed E-state index contributed by atoms with van der Waals surface area (Å²) in [6, 6.07) is 12.2. The number of anilines is 1. The van der Waals surface area contributed by atoms with E-state index in [2.05, 4.69) is 25.9 Å². The molecule has 0 radical (unpaired) electrons. The van der Waals surface area contributed by atoms with Crippen LogP contribution >= 0.6 is 0 Å². The molecule has 2 aromatic heterocycles. The van der Waals surface area contributed by atoms with Crippen molar-refractivity contribution >= 4 is 23.5 Å². The number of carbonyl (C=O) groups is 3. The van der Waals surface area contributed by atoms with Crippen LogP contribution in [0.1, 0.15) is 39.3 Å². The predicted molar refractivity (Wildman–Crippen MR) is 116 cm³/mol. The number of fused-ring (bicyclic) bond motifs is 1. The Labute approximate surface area is 184 Å². The van der Waals surface area contributed by atoms with Crippen LogP contribution in [0.2, 0.25) is 0 Å². The van der Waals surface area contributed by atoms with Gasteiger partial charge >= 0.3 is 0 Å². The summed E-state index contributed by atoms with van der Waals surface area (Å²) >= 11 is 0. The molecule has 0 saturated heterocycles. The Morgan fingerprint density at radius 1 is 0.969 bits per heavy atom. The number of aromatic nitrogens is 4. The average molecular weight is 433 g/mol. The van der Waals surface area contributed by atoms with Gasteiger partial charge in [0, 0.05) is 32.3 Å². The molecule has 0 bridgehead atoms. The van der Waals surface area contributed by atoms with Crippen molar-refractivity contribution in [2.45, 2.75) is 19.8 Å². The summed E-state index contributed by atoms with van der Waals surface area (Å²) in [6.45, 7) is 3.01.